The number of nitrogens with zero attached hydrogens (tertiary/aromatic N) is 4. The Morgan fingerprint density at radius 3 is 2.42 bits per heavy atom. The lowest BCUT2D eigenvalue weighted by Crippen LogP contribution is -2.51. The molecule has 0 bridgehead atoms. The van der Waals surface area contributed by atoms with Crippen molar-refractivity contribution in [1.82, 2.24) is 35.5 Å². The van der Waals surface area contributed by atoms with E-state index in [2.05, 4.69) is 86.5 Å². The number of hydrogen-bond donors (Lipinski definition) is 4. The van der Waals surface area contributed by atoms with Gasteiger partial charge in [0.25, 0.3) is 5.91 Å². The number of likely N-dealkylation sites (tertiary alicyclic amines) is 2. The molecule has 332 valence electrons. The number of amides is 4. The van der Waals surface area contributed by atoms with Gasteiger partial charge in [0.05, 0.1) is 23.2 Å². The summed E-state index contributed by atoms with van der Waals surface area (Å²) >= 11 is 0. The lowest BCUT2D eigenvalue weighted by molar-refractivity contribution is -0.134. The zero-order chi connectivity index (χ0) is 44.2. The zero-order valence-corrected chi connectivity index (χ0v) is 37.2. The molecule has 4 saturated heterocycles. The Balaban J connectivity index is 0.699. The molecule has 4 aliphatic heterocycles. The van der Waals surface area contributed by atoms with Crippen molar-refractivity contribution in [2.45, 2.75) is 89.1 Å². The second kappa shape index (κ2) is 19.4. The number of piperidine rings is 3. The van der Waals surface area contributed by atoms with Crippen molar-refractivity contribution < 1.29 is 19.2 Å². The smallest absolute Gasteiger partial charge is 0.251 e. The number of aryl methyl sites for hydroxylation is 2. The van der Waals surface area contributed by atoms with Crippen molar-refractivity contribution in [3.63, 3.8) is 0 Å². The molecule has 12 nitrogen and oxygen atoms in total. The topological polar surface area (TPSA) is 141 Å². The fourth-order valence-electron chi connectivity index (χ4n) is 9.96. The summed E-state index contributed by atoms with van der Waals surface area (Å²) in [5, 5.41) is 20.3. The Morgan fingerprint density at radius 1 is 0.859 bits per heavy atom. The predicted molar refractivity (Wildman–Crippen MR) is 251 cm³/mol. The van der Waals surface area contributed by atoms with E-state index in [0.29, 0.717) is 49.2 Å². The van der Waals surface area contributed by atoms with Gasteiger partial charge >= 0.3 is 0 Å². The van der Waals surface area contributed by atoms with E-state index in [1.165, 1.54) is 5.56 Å². The molecule has 1 unspecified atom stereocenters. The summed E-state index contributed by atoms with van der Waals surface area (Å²) in [4.78, 5) is 55.4. The lowest BCUT2D eigenvalue weighted by Gasteiger charge is -2.32. The van der Waals surface area contributed by atoms with Crippen LogP contribution in [0.15, 0.2) is 72.8 Å². The summed E-state index contributed by atoms with van der Waals surface area (Å²) in [5.41, 5.74) is 7.69. The number of benzene rings is 4. The summed E-state index contributed by atoms with van der Waals surface area (Å²) in [5.74, 6) is 7.15. The van der Waals surface area contributed by atoms with Gasteiger partial charge in [0, 0.05) is 80.7 Å². The van der Waals surface area contributed by atoms with Crippen LogP contribution in [-0.4, -0.2) is 95.1 Å². The molecule has 4 N–H and O–H groups in total. The van der Waals surface area contributed by atoms with Crippen LogP contribution in [0.1, 0.15) is 108 Å². The summed E-state index contributed by atoms with van der Waals surface area (Å²) < 4.78 is 1.84. The fourth-order valence-corrected chi connectivity index (χ4v) is 9.96. The van der Waals surface area contributed by atoms with Crippen molar-refractivity contribution >= 4 is 51.0 Å². The van der Waals surface area contributed by atoms with E-state index < -0.39 is 5.92 Å². The molecule has 1 aromatic heterocycles. The number of hydrogen-bond acceptors (Lipinski definition) is 8. The van der Waals surface area contributed by atoms with E-state index in [9.17, 15) is 19.2 Å². The van der Waals surface area contributed by atoms with Crippen molar-refractivity contribution in [3.8, 4) is 11.8 Å². The zero-order valence-electron chi connectivity index (χ0n) is 37.2. The number of fused-ring (bicyclic) bond motifs is 2. The van der Waals surface area contributed by atoms with Crippen LogP contribution < -0.4 is 21.3 Å². The van der Waals surface area contributed by atoms with Gasteiger partial charge in [-0.05, 0) is 129 Å². The average molecular weight is 861 g/mol. The number of unbranched alkanes of at least 4 members (excludes halogenated alkanes) is 1. The molecule has 4 amide bonds. The first kappa shape index (κ1) is 43.2. The Labute approximate surface area is 375 Å². The van der Waals surface area contributed by atoms with Crippen LogP contribution >= 0.6 is 0 Å². The molecule has 0 spiro atoms. The molecule has 9 rings (SSSR count). The third-order valence-corrected chi connectivity index (χ3v) is 14.0. The summed E-state index contributed by atoms with van der Waals surface area (Å²) in [7, 11) is 1.91. The third kappa shape index (κ3) is 9.71. The number of rotatable bonds is 12. The van der Waals surface area contributed by atoms with Crippen LogP contribution in [0.4, 0.5) is 5.69 Å². The largest absolute Gasteiger partial charge is 0.380 e. The number of nitrogens with one attached hydrogen (secondary N) is 4. The number of imide groups is 1. The SMILES string of the molecule is Cc1ccc(NC2CNC2)cc1C(=O)NCc1ccc(C#CC2CCN(CCCCC(=O)N3CCC(c4ccc5c(C6CCC(=O)NC6=O)nn(C)c5c4)CC3)CC2)c2ccccc12. The molecule has 5 heterocycles. The monoisotopic (exact) mass is 860 g/mol. The second-order valence-electron chi connectivity index (χ2n) is 18.3. The minimum Gasteiger partial charge on any atom is -0.380 e. The van der Waals surface area contributed by atoms with E-state index >= 15 is 0 Å². The predicted octanol–water partition coefficient (Wildman–Crippen LogP) is 6.51. The van der Waals surface area contributed by atoms with Gasteiger partial charge in [0.15, 0.2) is 0 Å². The van der Waals surface area contributed by atoms with E-state index in [-0.39, 0.29) is 23.6 Å². The van der Waals surface area contributed by atoms with Crippen LogP contribution in [0, 0.1) is 24.7 Å². The van der Waals surface area contributed by atoms with Gasteiger partial charge in [-0.1, -0.05) is 60.4 Å². The average Bonchev–Trinajstić information content (AvgIpc) is 3.63. The molecular weight excluding hydrogens is 801 g/mol. The molecule has 12 heteroatoms. The van der Waals surface area contributed by atoms with E-state index in [4.69, 9.17) is 5.10 Å². The highest BCUT2D eigenvalue weighted by molar-refractivity contribution is 6.02. The number of carbonyl (C=O) groups is 4. The number of carbonyl (C=O) groups excluding carboxylic acids is 4. The molecule has 5 aromatic rings. The Kier molecular flexibility index (Phi) is 13.1. The second-order valence-corrected chi connectivity index (χ2v) is 18.3. The quantitative estimate of drug-likeness (QED) is 0.0633. The molecule has 4 fully saturated rings. The van der Waals surface area contributed by atoms with Crippen molar-refractivity contribution in [1.29, 1.82) is 0 Å². The van der Waals surface area contributed by atoms with E-state index in [1.54, 1.807) is 0 Å². The minimum absolute atomic E-state index is 0.0727. The normalized spacial score (nSPS) is 19.0. The van der Waals surface area contributed by atoms with E-state index in [1.807, 2.05) is 47.8 Å². The van der Waals surface area contributed by atoms with Crippen LogP contribution in [0.2, 0.25) is 0 Å². The van der Waals surface area contributed by atoms with Gasteiger partial charge in [0.1, 0.15) is 0 Å². The third-order valence-electron chi connectivity index (χ3n) is 14.0. The number of anilines is 1. The Hall–Kier alpha value is -6.03. The molecule has 4 aliphatic rings. The highest BCUT2D eigenvalue weighted by Gasteiger charge is 2.32. The van der Waals surface area contributed by atoms with Crippen molar-refractivity contribution in [2.24, 2.45) is 13.0 Å². The van der Waals surface area contributed by atoms with Crippen molar-refractivity contribution in [3.05, 3.63) is 106 Å². The fraction of sp³-hybridized carbons (Fsp3) is 0.442. The summed E-state index contributed by atoms with van der Waals surface area (Å²) in [6, 6.07) is 25.4. The molecule has 4 aromatic carbocycles. The van der Waals surface area contributed by atoms with E-state index in [0.717, 1.165) is 134 Å². The highest BCUT2D eigenvalue weighted by atomic mass is 16.2. The van der Waals surface area contributed by atoms with Crippen molar-refractivity contribution in [2.75, 3.05) is 51.1 Å². The molecule has 0 aliphatic carbocycles. The lowest BCUT2D eigenvalue weighted by atomic mass is 9.87. The maximum atomic E-state index is 13.3. The van der Waals surface area contributed by atoms with Crippen LogP contribution in [0.25, 0.3) is 21.7 Å². The standard InChI is InChI=1S/C52H60N8O4/c1-34-10-16-40(55-41-32-53-33-41)30-46(34)51(63)54-31-39-14-13-37(42-7-3-4-8-43(39)42)12-11-35-20-25-59(26-21-35)24-6-5-9-49(62)60-27-22-36(23-28-60)38-15-17-44-47(29-38)58(2)57-50(44)45-18-19-48(61)56-52(45)64/h3-4,7-8,10,13-17,29-30,35-36,41,45,53,55H,5-6,9,18-28,31-33H2,1-2H3,(H,54,63)(H,56,61,64). The van der Waals surface area contributed by atoms with Gasteiger partial charge in [-0.25, -0.2) is 0 Å². The molecule has 0 radical (unpaired) electrons. The van der Waals surface area contributed by atoms with Gasteiger partial charge < -0.3 is 25.8 Å². The van der Waals surface area contributed by atoms with Crippen LogP contribution in [0.5, 0.6) is 0 Å². The van der Waals surface area contributed by atoms with Crippen LogP contribution in [0.3, 0.4) is 0 Å². The first-order valence-corrected chi connectivity index (χ1v) is 23.4. The van der Waals surface area contributed by atoms with Gasteiger partial charge in [-0.15, -0.1) is 0 Å². The molecular formula is C52H60N8O4. The number of aromatic nitrogens is 2. The van der Waals surface area contributed by atoms with Gasteiger partial charge in [0.2, 0.25) is 17.7 Å². The maximum Gasteiger partial charge on any atom is 0.251 e. The Morgan fingerprint density at radius 2 is 1.66 bits per heavy atom. The maximum absolute atomic E-state index is 13.3. The summed E-state index contributed by atoms with van der Waals surface area (Å²) in [6.07, 6.45) is 7.29. The minimum atomic E-state index is -0.413. The molecule has 1 atom stereocenters. The molecule has 64 heavy (non-hydrogen) atoms. The first-order chi connectivity index (χ1) is 31.2. The van der Waals surface area contributed by atoms with Crippen LogP contribution in [-0.2, 0) is 28.0 Å². The summed E-state index contributed by atoms with van der Waals surface area (Å²) in [6.45, 7) is 8.90. The van der Waals surface area contributed by atoms with Gasteiger partial charge in [-0.2, -0.15) is 5.10 Å². The first-order valence-electron chi connectivity index (χ1n) is 23.4. The van der Waals surface area contributed by atoms with Gasteiger partial charge in [-0.3, -0.25) is 29.2 Å². The highest BCUT2D eigenvalue weighted by Crippen LogP contribution is 2.35. The Bertz CT molecular complexity index is 2620. The molecule has 0 saturated carbocycles.